The number of oxazole rings is 1. The van der Waals surface area contributed by atoms with E-state index in [9.17, 15) is 0 Å². The van der Waals surface area contributed by atoms with Crippen molar-refractivity contribution in [1.29, 1.82) is 0 Å². The molecule has 2 heterocycles. The zero-order valence-corrected chi connectivity index (χ0v) is 30.7. The van der Waals surface area contributed by atoms with Crippen LogP contribution in [0.2, 0.25) is 0 Å². The standard InChI is InChI=1S/C44H47N2O2S/c1-8-45-38-22-29(2)30(3)24-41(38)49-43(45)26-34-25-33(27-44(6,7)28-34)14-13-19-42-46(37-17-11-12-18-39(37)48-42)20-21-47-40-23-31(4)32(5)35-15-9-10-16-36(35)40/h9-19,22-26H,8,20-21,27-28H2,1-7H3/q+1. The van der Waals surface area contributed by atoms with Crippen LogP contribution >= 0.6 is 11.8 Å². The van der Waals surface area contributed by atoms with Crippen molar-refractivity contribution in [3.63, 3.8) is 0 Å². The zero-order valence-electron chi connectivity index (χ0n) is 29.9. The van der Waals surface area contributed by atoms with Crippen molar-refractivity contribution in [3.05, 3.63) is 135 Å². The summed E-state index contributed by atoms with van der Waals surface area (Å²) >= 11 is 1.90. The summed E-state index contributed by atoms with van der Waals surface area (Å²) in [5.41, 5.74) is 11.4. The van der Waals surface area contributed by atoms with Gasteiger partial charge in [0.25, 0.3) is 5.52 Å². The van der Waals surface area contributed by atoms with Crippen LogP contribution in [0.3, 0.4) is 0 Å². The van der Waals surface area contributed by atoms with E-state index in [1.807, 2.05) is 23.9 Å². The third kappa shape index (κ3) is 6.74. The van der Waals surface area contributed by atoms with Crippen molar-refractivity contribution in [2.45, 2.75) is 72.7 Å². The van der Waals surface area contributed by atoms with Crippen molar-refractivity contribution >= 4 is 45.4 Å². The van der Waals surface area contributed by atoms with Gasteiger partial charge >= 0.3 is 5.89 Å². The SMILES string of the molecule is CCN1C(=CC2=C/C(=C\C=C\c3oc4ccccc4[n+]3CCOc3cc(C)c(C)c4ccccc34)CC(C)(C)C2)Sc2cc(C)c(C)cc21. The Morgan fingerprint density at radius 1 is 0.918 bits per heavy atom. The Morgan fingerprint density at radius 3 is 2.49 bits per heavy atom. The Bertz CT molecular complexity index is 2200. The van der Waals surface area contributed by atoms with E-state index in [0.29, 0.717) is 13.2 Å². The number of rotatable bonds is 8. The summed E-state index contributed by atoms with van der Waals surface area (Å²) in [7, 11) is 0. The molecule has 250 valence electrons. The number of allylic oxidation sites excluding steroid dienone is 6. The first-order chi connectivity index (χ1) is 23.6. The predicted octanol–water partition coefficient (Wildman–Crippen LogP) is 11.3. The van der Waals surface area contributed by atoms with Crippen LogP contribution in [-0.2, 0) is 6.54 Å². The predicted molar refractivity (Wildman–Crippen MR) is 206 cm³/mol. The van der Waals surface area contributed by atoms with Crippen molar-refractivity contribution in [2.24, 2.45) is 5.41 Å². The van der Waals surface area contributed by atoms with Crippen molar-refractivity contribution in [3.8, 4) is 5.75 Å². The summed E-state index contributed by atoms with van der Waals surface area (Å²) in [6.07, 6.45) is 13.4. The molecular formula is C44H47N2O2S+. The lowest BCUT2D eigenvalue weighted by Crippen LogP contribution is -2.38. The fraction of sp³-hybridized carbons (Fsp3) is 0.295. The molecule has 49 heavy (non-hydrogen) atoms. The number of para-hydroxylation sites is 2. The minimum absolute atomic E-state index is 0.177. The number of hydrogen-bond acceptors (Lipinski definition) is 4. The number of anilines is 1. The molecule has 0 spiro atoms. The van der Waals surface area contributed by atoms with Gasteiger partial charge in [-0.15, -0.1) is 0 Å². The Kier molecular flexibility index (Phi) is 9.06. The topological polar surface area (TPSA) is 29.5 Å². The molecule has 4 nitrogen and oxygen atoms in total. The Hall–Kier alpha value is -4.48. The van der Waals surface area contributed by atoms with Crippen LogP contribution < -0.4 is 14.2 Å². The van der Waals surface area contributed by atoms with E-state index in [1.165, 1.54) is 54.4 Å². The molecule has 0 saturated heterocycles. The minimum Gasteiger partial charge on any atom is -0.486 e. The molecule has 0 amide bonds. The molecule has 5 aromatic rings. The number of thioether (sulfide) groups is 1. The van der Waals surface area contributed by atoms with Gasteiger partial charge in [-0.25, -0.2) is 0 Å². The van der Waals surface area contributed by atoms with E-state index < -0.39 is 0 Å². The highest BCUT2D eigenvalue weighted by Gasteiger charge is 2.28. The maximum absolute atomic E-state index is 6.45. The molecule has 0 radical (unpaired) electrons. The molecule has 2 aliphatic rings. The van der Waals surface area contributed by atoms with Crippen LogP contribution in [0.15, 0.2) is 117 Å². The Morgan fingerprint density at radius 2 is 1.67 bits per heavy atom. The van der Waals surface area contributed by atoms with E-state index in [-0.39, 0.29) is 5.41 Å². The third-order valence-electron chi connectivity index (χ3n) is 10.0. The van der Waals surface area contributed by atoms with Gasteiger partial charge in [0, 0.05) is 22.9 Å². The number of hydrogen-bond donors (Lipinski definition) is 0. The molecular weight excluding hydrogens is 621 g/mol. The molecule has 5 heteroatoms. The highest BCUT2D eigenvalue weighted by molar-refractivity contribution is 8.03. The molecule has 0 atom stereocenters. The lowest BCUT2D eigenvalue weighted by atomic mass is 9.75. The Labute approximate surface area is 295 Å². The second-order valence-corrected chi connectivity index (χ2v) is 15.4. The molecule has 1 aliphatic carbocycles. The van der Waals surface area contributed by atoms with Gasteiger partial charge in [0.1, 0.15) is 12.4 Å². The van der Waals surface area contributed by atoms with Crippen LogP contribution in [0.25, 0.3) is 27.9 Å². The summed E-state index contributed by atoms with van der Waals surface area (Å²) in [4.78, 5) is 3.82. The van der Waals surface area contributed by atoms with Gasteiger partial charge in [-0.3, -0.25) is 0 Å². The van der Waals surface area contributed by atoms with E-state index in [1.54, 1.807) is 0 Å². The lowest BCUT2D eigenvalue weighted by Gasteiger charge is -2.31. The van der Waals surface area contributed by atoms with E-state index in [2.05, 4.69) is 143 Å². The summed E-state index contributed by atoms with van der Waals surface area (Å²) in [5.74, 6) is 1.75. The van der Waals surface area contributed by atoms with Gasteiger partial charge in [-0.05, 0) is 122 Å². The van der Waals surface area contributed by atoms with Gasteiger partial charge < -0.3 is 14.1 Å². The molecule has 0 N–H and O–H groups in total. The summed E-state index contributed by atoms with van der Waals surface area (Å²) < 4.78 is 15.1. The molecule has 4 aromatic carbocycles. The molecule has 0 saturated carbocycles. The van der Waals surface area contributed by atoms with E-state index in [4.69, 9.17) is 9.15 Å². The molecule has 7 rings (SSSR count). The van der Waals surface area contributed by atoms with Gasteiger partial charge in [0.05, 0.1) is 16.8 Å². The first kappa shape index (κ1) is 33.0. The van der Waals surface area contributed by atoms with E-state index >= 15 is 0 Å². The van der Waals surface area contributed by atoms with Gasteiger partial charge in [-0.1, -0.05) is 80.2 Å². The minimum atomic E-state index is 0.177. The van der Waals surface area contributed by atoms with Crippen molar-refractivity contribution in [1.82, 2.24) is 0 Å². The van der Waals surface area contributed by atoms with Crippen molar-refractivity contribution in [2.75, 3.05) is 18.1 Å². The van der Waals surface area contributed by atoms with E-state index in [0.717, 1.165) is 47.5 Å². The fourth-order valence-corrected chi connectivity index (χ4v) is 8.58. The lowest BCUT2D eigenvalue weighted by molar-refractivity contribution is -0.678. The van der Waals surface area contributed by atoms with Crippen LogP contribution in [0.1, 0.15) is 61.8 Å². The summed E-state index contributed by atoms with van der Waals surface area (Å²) in [6, 6.07) is 23.6. The summed E-state index contributed by atoms with van der Waals surface area (Å²) in [6.45, 7) is 17.9. The zero-order chi connectivity index (χ0) is 34.3. The molecule has 0 fully saturated rings. The normalized spacial score (nSPS) is 17.5. The maximum atomic E-state index is 6.45. The molecule has 1 aliphatic heterocycles. The third-order valence-corrected chi connectivity index (χ3v) is 11.1. The number of ether oxygens (including phenoxy) is 1. The number of nitrogens with zero attached hydrogens (tertiary/aromatic N) is 2. The second kappa shape index (κ2) is 13.4. The first-order valence-electron chi connectivity index (χ1n) is 17.5. The summed E-state index contributed by atoms with van der Waals surface area (Å²) in [5, 5.41) is 3.72. The monoisotopic (exact) mass is 667 g/mol. The first-order valence-corrected chi connectivity index (χ1v) is 18.3. The highest BCUT2D eigenvalue weighted by atomic mass is 32.2. The van der Waals surface area contributed by atoms with Crippen LogP contribution in [0.5, 0.6) is 5.75 Å². The second-order valence-electron chi connectivity index (χ2n) is 14.3. The Balaban J connectivity index is 1.13. The highest BCUT2D eigenvalue weighted by Crippen LogP contribution is 2.48. The van der Waals surface area contributed by atoms with Gasteiger partial charge in [-0.2, -0.15) is 4.57 Å². The van der Waals surface area contributed by atoms with Crippen LogP contribution in [0.4, 0.5) is 5.69 Å². The quantitative estimate of drug-likeness (QED) is 0.154. The van der Waals surface area contributed by atoms with Gasteiger partial charge in [0.15, 0.2) is 6.54 Å². The molecule has 0 bridgehead atoms. The average molecular weight is 668 g/mol. The average Bonchev–Trinajstić information content (AvgIpc) is 3.59. The number of aryl methyl sites for hydroxylation is 4. The van der Waals surface area contributed by atoms with Gasteiger partial charge in [0.2, 0.25) is 5.58 Å². The number of fused-ring (bicyclic) bond motifs is 3. The number of aromatic nitrogens is 1. The smallest absolute Gasteiger partial charge is 0.374 e. The molecule has 0 unspecified atom stereocenters. The molecule has 1 aromatic heterocycles. The van der Waals surface area contributed by atoms with Crippen LogP contribution in [0, 0.1) is 33.1 Å². The fourth-order valence-electron chi connectivity index (χ4n) is 7.30. The van der Waals surface area contributed by atoms with Crippen LogP contribution in [-0.4, -0.2) is 13.2 Å². The number of benzene rings is 4. The largest absolute Gasteiger partial charge is 0.486 e. The van der Waals surface area contributed by atoms with Crippen molar-refractivity contribution < 1.29 is 13.7 Å². The maximum Gasteiger partial charge on any atom is 0.374 e.